The van der Waals surface area contributed by atoms with Crippen molar-refractivity contribution in [1.29, 1.82) is 0 Å². The van der Waals surface area contributed by atoms with Crippen molar-refractivity contribution < 1.29 is 4.39 Å². The Morgan fingerprint density at radius 2 is 1.94 bits per heavy atom. The summed E-state index contributed by atoms with van der Waals surface area (Å²) >= 11 is 0. The minimum absolute atomic E-state index is 0. The Kier molecular flexibility index (Phi) is 5.16. The first-order valence-electron chi connectivity index (χ1n) is 5.71. The van der Waals surface area contributed by atoms with Gasteiger partial charge in [0, 0.05) is 19.3 Å². The molecule has 98 valence electrons. The van der Waals surface area contributed by atoms with Crippen LogP contribution in [-0.2, 0) is 13.1 Å². The minimum atomic E-state index is -0.205. The molecule has 1 aromatic carbocycles. The van der Waals surface area contributed by atoms with Crippen molar-refractivity contribution in [3.8, 4) is 0 Å². The van der Waals surface area contributed by atoms with E-state index in [1.165, 1.54) is 12.1 Å². The molecule has 0 spiro atoms. The normalized spacial score (nSPS) is 9.94. The summed E-state index contributed by atoms with van der Waals surface area (Å²) in [5.41, 5.74) is 3.06. The Morgan fingerprint density at radius 1 is 1.28 bits per heavy atom. The highest BCUT2D eigenvalue weighted by Gasteiger charge is 2.03. The summed E-state index contributed by atoms with van der Waals surface area (Å²) < 4.78 is 14.6. The summed E-state index contributed by atoms with van der Waals surface area (Å²) in [4.78, 5) is 0. The zero-order valence-corrected chi connectivity index (χ0v) is 11.3. The van der Waals surface area contributed by atoms with Crippen LogP contribution in [-0.4, -0.2) is 9.78 Å². The van der Waals surface area contributed by atoms with E-state index in [1.54, 1.807) is 12.1 Å². The molecule has 1 heterocycles. The lowest BCUT2D eigenvalue weighted by molar-refractivity contribution is 0.627. The number of nitrogens with zero attached hydrogens (tertiary/aromatic N) is 2. The van der Waals surface area contributed by atoms with Crippen molar-refractivity contribution in [2.75, 3.05) is 5.32 Å². The number of aryl methyl sites for hydroxylation is 2. The standard InChI is InChI=1S/C13H16FN3.ClH/c1-3-17-9-13(10(2)16-17)15-8-11-4-6-12(14)7-5-11;/h4-7,9,15H,3,8H2,1-2H3;1H. The SMILES string of the molecule is CCn1cc(NCc2ccc(F)cc2)c(C)n1.Cl. The molecular weight excluding hydrogens is 253 g/mol. The molecule has 0 fully saturated rings. The van der Waals surface area contributed by atoms with E-state index in [2.05, 4.69) is 17.3 Å². The second kappa shape index (κ2) is 6.40. The lowest BCUT2D eigenvalue weighted by Gasteiger charge is -2.04. The quantitative estimate of drug-likeness (QED) is 0.922. The van der Waals surface area contributed by atoms with Crippen molar-refractivity contribution in [1.82, 2.24) is 9.78 Å². The molecule has 0 amide bonds. The molecule has 1 aromatic heterocycles. The van der Waals surface area contributed by atoms with Crippen LogP contribution in [0.5, 0.6) is 0 Å². The number of rotatable bonds is 4. The third-order valence-corrected chi connectivity index (χ3v) is 2.67. The second-order valence-electron chi connectivity index (χ2n) is 3.96. The van der Waals surface area contributed by atoms with Gasteiger partial charge in [-0.05, 0) is 31.5 Å². The highest BCUT2D eigenvalue weighted by Crippen LogP contribution is 2.14. The van der Waals surface area contributed by atoms with E-state index in [0.29, 0.717) is 6.54 Å². The van der Waals surface area contributed by atoms with Gasteiger partial charge in [0.1, 0.15) is 5.82 Å². The van der Waals surface area contributed by atoms with E-state index in [9.17, 15) is 4.39 Å². The molecule has 5 heteroatoms. The molecule has 18 heavy (non-hydrogen) atoms. The van der Waals surface area contributed by atoms with Crippen molar-refractivity contribution in [3.63, 3.8) is 0 Å². The van der Waals surface area contributed by atoms with Crippen LogP contribution in [0.2, 0.25) is 0 Å². The van der Waals surface area contributed by atoms with Crippen LogP contribution in [0.25, 0.3) is 0 Å². The number of halogens is 2. The minimum Gasteiger partial charge on any atom is -0.378 e. The Morgan fingerprint density at radius 3 is 2.50 bits per heavy atom. The zero-order valence-electron chi connectivity index (χ0n) is 10.5. The molecule has 3 nitrogen and oxygen atoms in total. The third kappa shape index (κ3) is 3.47. The second-order valence-corrected chi connectivity index (χ2v) is 3.96. The summed E-state index contributed by atoms with van der Waals surface area (Å²) in [5.74, 6) is -0.205. The summed E-state index contributed by atoms with van der Waals surface area (Å²) in [7, 11) is 0. The van der Waals surface area contributed by atoms with Gasteiger partial charge in [0.25, 0.3) is 0 Å². The van der Waals surface area contributed by atoms with Crippen LogP contribution in [0.1, 0.15) is 18.2 Å². The predicted octanol–water partition coefficient (Wildman–Crippen LogP) is 3.38. The van der Waals surface area contributed by atoms with Crippen molar-refractivity contribution >= 4 is 18.1 Å². The van der Waals surface area contributed by atoms with E-state index < -0.39 is 0 Å². The number of aromatic nitrogens is 2. The lowest BCUT2D eigenvalue weighted by Crippen LogP contribution is -1.99. The maximum Gasteiger partial charge on any atom is 0.123 e. The molecule has 0 radical (unpaired) electrons. The molecule has 0 bridgehead atoms. The van der Waals surface area contributed by atoms with Crippen molar-refractivity contribution in [2.45, 2.75) is 26.9 Å². The average molecular weight is 270 g/mol. The Bertz CT molecular complexity index is 493. The molecule has 0 saturated carbocycles. The monoisotopic (exact) mass is 269 g/mol. The summed E-state index contributed by atoms with van der Waals surface area (Å²) in [5, 5.41) is 7.65. The van der Waals surface area contributed by atoms with Gasteiger partial charge in [-0.3, -0.25) is 4.68 Å². The first kappa shape index (κ1) is 14.5. The lowest BCUT2D eigenvalue weighted by atomic mass is 10.2. The van der Waals surface area contributed by atoms with Gasteiger partial charge in [0.05, 0.1) is 11.4 Å². The van der Waals surface area contributed by atoms with Crippen molar-refractivity contribution in [3.05, 3.63) is 47.5 Å². The van der Waals surface area contributed by atoms with E-state index in [1.807, 2.05) is 17.8 Å². The number of hydrogen-bond acceptors (Lipinski definition) is 2. The number of nitrogens with one attached hydrogen (secondary N) is 1. The fourth-order valence-electron chi connectivity index (χ4n) is 1.65. The molecular formula is C13H17ClFN3. The molecule has 2 aromatic rings. The van der Waals surface area contributed by atoms with E-state index >= 15 is 0 Å². The van der Waals surface area contributed by atoms with Gasteiger partial charge in [0.2, 0.25) is 0 Å². The number of benzene rings is 1. The average Bonchev–Trinajstić information content (AvgIpc) is 2.69. The smallest absolute Gasteiger partial charge is 0.123 e. The Hall–Kier alpha value is -1.55. The highest BCUT2D eigenvalue weighted by atomic mass is 35.5. The maximum atomic E-state index is 12.7. The molecule has 1 N–H and O–H groups in total. The highest BCUT2D eigenvalue weighted by molar-refractivity contribution is 5.85. The van der Waals surface area contributed by atoms with Crippen LogP contribution in [0.4, 0.5) is 10.1 Å². The number of hydrogen-bond donors (Lipinski definition) is 1. The van der Waals surface area contributed by atoms with Gasteiger partial charge in [-0.1, -0.05) is 12.1 Å². The first-order valence-corrected chi connectivity index (χ1v) is 5.71. The van der Waals surface area contributed by atoms with Gasteiger partial charge in [-0.15, -0.1) is 12.4 Å². The molecule has 0 saturated heterocycles. The molecule has 0 unspecified atom stereocenters. The number of anilines is 1. The Labute approximate surface area is 112 Å². The molecule has 0 atom stereocenters. The first-order chi connectivity index (χ1) is 8.19. The van der Waals surface area contributed by atoms with Crippen LogP contribution in [0.15, 0.2) is 30.5 Å². The van der Waals surface area contributed by atoms with Crippen LogP contribution in [0.3, 0.4) is 0 Å². The maximum absolute atomic E-state index is 12.7. The van der Waals surface area contributed by atoms with Gasteiger partial charge >= 0.3 is 0 Å². The summed E-state index contributed by atoms with van der Waals surface area (Å²) in [6, 6.07) is 6.50. The molecule has 0 aliphatic heterocycles. The summed E-state index contributed by atoms with van der Waals surface area (Å²) in [6.45, 7) is 5.56. The fourth-order valence-corrected chi connectivity index (χ4v) is 1.65. The van der Waals surface area contributed by atoms with Crippen molar-refractivity contribution in [2.24, 2.45) is 0 Å². The predicted molar refractivity (Wildman–Crippen MR) is 73.6 cm³/mol. The largest absolute Gasteiger partial charge is 0.378 e. The van der Waals surface area contributed by atoms with E-state index in [0.717, 1.165) is 23.5 Å². The molecule has 0 aliphatic carbocycles. The van der Waals surface area contributed by atoms with Gasteiger partial charge in [0.15, 0.2) is 0 Å². The fraction of sp³-hybridized carbons (Fsp3) is 0.308. The molecule has 0 aliphatic rings. The van der Waals surface area contributed by atoms with Crippen LogP contribution in [0, 0.1) is 12.7 Å². The van der Waals surface area contributed by atoms with E-state index in [-0.39, 0.29) is 18.2 Å². The van der Waals surface area contributed by atoms with E-state index in [4.69, 9.17) is 0 Å². The van der Waals surface area contributed by atoms with Gasteiger partial charge < -0.3 is 5.32 Å². The third-order valence-electron chi connectivity index (χ3n) is 2.67. The van der Waals surface area contributed by atoms with Crippen LogP contribution < -0.4 is 5.32 Å². The topological polar surface area (TPSA) is 29.9 Å². The Balaban J connectivity index is 0.00000162. The van der Waals surface area contributed by atoms with Gasteiger partial charge in [-0.2, -0.15) is 5.10 Å². The molecule has 2 rings (SSSR count). The zero-order chi connectivity index (χ0) is 12.3. The van der Waals surface area contributed by atoms with Gasteiger partial charge in [-0.25, -0.2) is 4.39 Å². The summed E-state index contributed by atoms with van der Waals surface area (Å²) in [6.07, 6.45) is 1.98. The van der Waals surface area contributed by atoms with Crippen LogP contribution >= 0.6 is 12.4 Å².